The van der Waals surface area contributed by atoms with E-state index in [9.17, 15) is 0 Å². The van der Waals surface area contributed by atoms with Crippen LogP contribution < -0.4 is 4.57 Å². The van der Waals surface area contributed by atoms with Gasteiger partial charge in [-0.05, 0) is 45.6 Å². The molecule has 1 nitrogen and oxygen atoms in total. The number of pyridine rings is 1. The molecule has 0 spiro atoms. The van der Waals surface area contributed by atoms with Crippen molar-refractivity contribution in [3.8, 4) is 0 Å². The molecule has 1 aromatic heterocycles. The lowest BCUT2D eigenvalue weighted by Crippen LogP contribution is -2.36. The largest absolute Gasteiger partial charge is 0.203 e. The normalized spacial score (nSPS) is 11.6. The van der Waals surface area contributed by atoms with Crippen molar-refractivity contribution in [2.45, 2.75) is 214 Å². The Morgan fingerprint density at radius 2 is 0.667 bits per heavy atom. The lowest BCUT2D eigenvalue weighted by atomic mass is 10.0. The van der Waals surface area contributed by atoms with E-state index in [1.807, 2.05) is 0 Å². The van der Waals surface area contributed by atoms with Gasteiger partial charge in [-0.2, -0.15) is 0 Å². The molecule has 0 bridgehead atoms. The molecule has 0 aliphatic heterocycles. The fraction of sp³-hybridized carbons (Fsp3) is 0.868. The number of hydrogen-bond donors (Lipinski definition) is 0. The van der Waals surface area contributed by atoms with Gasteiger partial charge in [-0.25, -0.2) is 4.57 Å². The van der Waals surface area contributed by atoms with Crippen molar-refractivity contribution >= 4 is 0 Å². The summed E-state index contributed by atoms with van der Waals surface area (Å²) < 4.78 is 2.47. The topological polar surface area (TPSA) is 3.88 Å². The summed E-state index contributed by atoms with van der Waals surface area (Å²) in [5.41, 5.74) is 3.14. The van der Waals surface area contributed by atoms with Gasteiger partial charge in [0.05, 0.1) is 0 Å². The van der Waals surface area contributed by atoms with Crippen LogP contribution in [-0.2, 0) is 12.8 Å². The molecule has 1 heterocycles. The van der Waals surface area contributed by atoms with Gasteiger partial charge < -0.3 is 0 Å². The Balaban J connectivity index is 2.10. The molecule has 1 aromatic rings. The second-order valence-corrected chi connectivity index (χ2v) is 13.1. The van der Waals surface area contributed by atoms with Crippen LogP contribution in [0.4, 0.5) is 0 Å². The van der Waals surface area contributed by atoms with E-state index in [0.29, 0.717) is 6.04 Å². The minimum atomic E-state index is 0.557. The maximum absolute atomic E-state index is 2.53. The molecule has 1 heteroatoms. The molecule has 0 unspecified atom stereocenters. The Morgan fingerprint density at radius 3 is 0.923 bits per heavy atom. The molecule has 0 fully saturated rings. The maximum atomic E-state index is 2.53. The fourth-order valence-corrected chi connectivity index (χ4v) is 6.00. The molecule has 39 heavy (non-hydrogen) atoms. The van der Waals surface area contributed by atoms with Crippen LogP contribution in [-0.4, -0.2) is 0 Å². The van der Waals surface area contributed by atoms with Crippen LogP contribution in [0.1, 0.15) is 212 Å². The Morgan fingerprint density at radius 1 is 0.410 bits per heavy atom. The van der Waals surface area contributed by atoms with E-state index in [-0.39, 0.29) is 0 Å². The third-order valence-corrected chi connectivity index (χ3v) is 8.73. The zero-order valence-corrected chi connectivity index (χ0v) is 27.6. The van der Waals surface area contributed by atoms with Crippen molar-refractivity contribution in [1.29, 1.82) is 0 Å². The second kappa shape index (κ2) is 27.3. The lowest BCUT2D eigenvalue weighted by molar-refractivity contribution is -0.716. The van der Waals surface area contributed by atoms with E-state index in [1.54, 1.807) is 11.1 Å². The third-order valence-electron chi connectivity index (χ3n) is 8.73. The second-order valence-electron chi connectivity index (χ2n) is 13.1. The molecular formula is C38H72N+. The van der Waals surface area contributed by atoms with Gasteiger partial charge in [-0.15, -0.1) is 0 Å². The minimum Gasteiger partial charge on any atom is -0.203 e. The molecule has 0 saturated heterocycles. The Bertz CT molecular complexity index is 585. The van der Waals surface area contributed by atoms with E-state index < -0.39 is 0 Å². The Kier molecular flexibility index (Phi) is 25.3. The summed E-state index contributed by atoms with van der Waals surface area (Å²) in [5, 5.41) is 0. The van der Waals surface area contributed by atoms with Gasteiger partial charge in [0.25, 0.3) is 0 Å². The average Bonchev–Trinajstić information content (AvgIpc) is 2.93. The van der Waals surface area contributed by atoms with Crippen LogP contribution in [0.3, 0.4) is 0 Å². The van der Waals surface area contributed by atoms with E-state index in [2.05, 4.69) is 50.7 Å². The van der Waals surface area contributed by atoms with Gasteiger partial charge in [0, 0.05) is 11.1 Å². The molecule has 0 radical (unpaired) electrons. The number of aromatic nitrogens is 1. The highest BCUT2D eigenvalue weighted by Gasteiger charge is 2.11. The van der Waals surface area contributed by atoms with Crippen LogP contribution in [0.15, 0.2) is 18.5 Å². The zero-order valence-electron chi connectivity index (χ0n) is 27.6. The van der Waals surface area contributed by atoms with Gasteiger partial charge in [-0.3, -0.25) is 0 Å². The summed E-state index contributed by atoms with van der Waals surface area (Å²) in [6.07, 6.45) is 44.7. The molecule has 1 rings (SSSR count). The minimum absolute atomic E-state index is 0.557. The highest BCUT2D eigenvalue weighted by molar-refractivity contribution is 5.15. The summed E-state index contributed by atoms with van der Waals surface area (Å²) >= 11 is 0. The SMILES string of the molecule is CCCCCCCCCCCCCCCc1cc(CCCCCCCCCCCCCCC)c[n+](C(C)C)c1. The predicted molar refractivity (Wildman–Crippen MR) is 176 cm³/mol. The monoisotopic (exact) mass is 543 g/mol. The van der Waals surface area contributed by atoms with E-state index in [1.165, 1.54) is 180 Å². The van der Waals surface area contributed by atoms with E-state index in [0.717, 1.165) is 0 Å². The van der Waals surface area contributed by atoms with Gasteiger partial charge in [0.15, 0.2) is 18.4 Å². The summed E-state index contributed by atoms with van der Waals surface area (Å²) in [6.45, 7) is 9.26. The highest BCUT2D eigenvalue weighted by atomic mass is 15.0. The first kappa shape index (κ1) is 36.2. The molecule has 0 atom stereocenters. The predicted octanol–water partition coefficient (Wildman–Crippen LogP) is 12.8. The molecule has 0 amide bonds. The van der Waals surface area contributed by atoms with Crippen LogP contribution in [0, 0.1) is 0 Å². The van der Waals surface area contributed by atoms with Crippen molar-refractivity contribution in [3.05, 3.63) is 29.6 Å². The Hall–Kier alpha value is -0.850. The van der Waals surface area contributed by atoms with Crippen molar-refractivity contribution in [1.82, 2.24) is 0 Å². The van der Waals surface area contributed by atoms with E-state index in [4.69, 9.17) is 0 Å². The summed E-state index contributed by atoms with van der Waals surface area (Å²) in [5.74, 6) is 0. The molecule has 0 saturated carbocycles. The van der Waals surface area contributed by atoms with E-state index >= 15 is 0 Å². The molecule has 0 aliphatic carbocycles. The number of rotatable bonds is 29. The van der Waals surface area contributed by atoms with Gasteiger partial charge >= 0.3 is 0 Å². The van der Waals surface area contributed by atoms with Crippen molar-refractivity contribution in [3.63, 3.8) is 0 Å². The van der Waals surface area contributed by atoms with Gasteiger partial charge in [0.1, 0.15) is 0 Å². The van der Waals surface area contributed by atoms with Crippen molar-refractivity contribution < 1.29 is 4.57 Å². The number of unbranched alkanes of at least 4 members (excludes halogenated alkanes) is 24. The van der Waals surface area contributed by atoms with Crippen molar-refractivity contribution in [2.24, 2.45) is 0 Å². The molecule has 0 N–H and O–H groups in total. The summed E-state index contributed by atoms with van der Waals surface area (Å²) in [4.78, 5) is 0. The van der Waals surface area contributed by atoms with Crippen LogP contribution in [0.25, 0.3) is 0 Å². The van der Waals surface area contributed by atoms with Gasteiger partial charge in [0.2, 0.25) is 0 Å². The lowest BCUT2D eigenvalue weighted by Gasteiger charge is -2.08. The fourth-order valence-electron chi connectivity index (χ4n) is 6.00. The first-order chi connectivity index (χ1) is 19.2. The number of hydrogen-bond acceptors (Lipinski definition) is 0. The third kappa shape index (κ3) is 22.5. The van der Waals surface area contributed by atoms with Crippen LogP contribution in [0.2, 0.25) is 0 Å². The molecule has 228 valence electrons. The zero-order chi connectivity index (χ0) is 28.2. The maximum Gasteiger partial charge on any atom is 0.172 e. The number of nitrogens with zero attached hydrogens (tertiary/aromatic N) is 1. The highest BCUT2D eigenvalue weighted by Crippen LogP contribution is 2.16. The Labute approximate surface area is 247 Å². The van der Waals surface area contributed by atoms with Crippen molar-refractivity contribution in [2.75, 3.05) is 0 Å². The van der Waals surface area contributed by atoms with Crippen LogP contribution >= 0.6 is 0 Å². The molecule has 0 aromatic carbocycles. The quantitative estimate of drug-likeness (QED) is 0.0700. The standard InChI is InChI=1S/C38H72N/c1-5-7-9-11-13-15-17-19-21-23-25-27-29-31-37-33-38(35-39(34-37)36(3)4)32-30-28-26-24-22-20-18-16-14-12-10-8-6-2/h33-36H,5-32H2,1-4H3/q+1. The summed E-state index contributed by atoms with van der Waals surface area (Å²) in [6, 6.07) is 3.09. The first-order valence-electron chi connectivity index (χ1n) is 18.2. The average molecular weight is 543 g/mol. The smallest absolute Gasteiger partial charge is 0.172 e. The molecule has 0 aliphatic rings. The summed E-state index contributed by atoms with van der Waals surface area (Å²) in [7, 11) is 0. The number of aryl methyl sites for hydroxylation is 2. The molecular weight excluding hydrogens is 470 g/mol. The first-order valence-corrected chi connectivity index (χ1v) is 18.2. The van der Waals surface area contributed by atoms with Gasteiger partial charge in [-0.1, -0.05) is 168 Å². The van der Waals surface area contributed by atoms with Crippen LogP contribution in [0.5, 0.6) is 0 Å².